The van der Waals surface area contributed by atoms with Gasteiger partial charge in [-0.3, -0.25) is 4.79 Å². The van der Waals surface area contributed by atoms with Crippen molar-refractivity contribution < 1.29 is 14.3 Å². The number of esters is 1. The fraction of sp³-hybridized carbons (Fsp3) is 0.235. The van der Waals surface area contributed by atoms with Crippen LogP contribution in [0.15, 0.2) is 42.5 Å². The minimum absolute atomic E-state index is 0.190. The van der Waals surface area contributed by atoms with Crippen molar-refractivity contribution in [2.75, 3.05) is 7.11 Å². The van der Waals surface area contributed by atoms with Crippen LogP contribution in [0.4, 0.5) is 0 Å². The van der Waals surface area contributed by atoms with E-state index in [0.717, 1.165) is 17.5 Å². The second-order valence-electron chi connectivity index (χ2n) is 4.62. The normalized spacial score (nSPS) is 10.2. The van der Waals surface area contributed by atoms with Gasteiger partial charge < -0.3 is 9.47 Å². The molecular formula is C17H17ClO3. The van der Waals surface area contributed by atoms with Gasteiger partial charge in [-0.1, -0.05) is 36.7 Å². The summed E-state index contributed by atoms with van der Waals surface area (Å²) in [5.41, 5.74) is 1.98. The highest BCUT2D eigenvalue weighted by Gasteiger charge is 2.11. The first-order chi connectivity index (χ1) is 10.1. The maximum Gasteiger partial charge on any atom is 0.315 e. The Labute approximate surface area is 129 Å². The van der Waals surface area contributed by atoms with Crippen molar-refractivity contribution in [3.8, 4) is 11.5 Å². The molecule has 0 aliphatic carbocycles. The second-order valence-corrected chi connectivity index (χ2v) is 5.05. The van der Waals surface area contributed by atoms with Gasteiger partial charge in [0.25, 0.3) is 0 Å². The van der Waals surface area contributed by atoms with E-state index in [0.29, 0.717) is 16.5 Å². The lowest BCUT2D eigenvalue weighted by Gasteiger charge is -2.10. The van der Waals surface area contributed by atoms with Gasteiger partial charge in [-0.2, -0.15) is 0 Å². The first-order valence-corrected chi connectivity index (χ1v) is 7.12. The van der Waals surface area contributed by atoms with Crippen molar-refractivity contribution in [2.45, 2.75) is 19.8 Å². The van der Waals surface area contributed by atoms with Crippen LogP contribution in [0.25, 0.3) is 0 Å². The molecule has 0 fully saturated rings. The quantitative estimate of drug-likeness (QED) is 0.617. The largest absolute Gasteiger partial charge is 0.493 e. The Kier molecular flexibility index (Phi) is 5.23. The number of benzene rings is 2. The van der Waals surface area contributed by atoms with E-state index in [2.05, 4.69) is 6.92 Å². The van der Waals surface area contributed by atoms with E-state index in [-0.39, 0.29) is 12.4 Å². The molecule has 0 aliphatic rings. The molecule has 0 aliphatic heterocycles. The van der Waals surface area contributed by atoms with Gasteiger partial charge in [-0.05, 0) is 41.8 Å². The van der Waals surface area contributed by atoms with Gasteiger partial charge >= 0.3 is 5.97 Å². The Morgan fingerprint density at radius 2 is 1.71 bits per heavy atom. The molecule has 0 aromatic heterocycles. The zero-order valence-electron chi connectivity index (χ0n) is 12.1. The molecule has 4 heteroatoms. The first kappa shape index (κ1) is 15.4. The Morgan fingerprint density at radius 3 is 2.33 bits per heavy atom. The molecule has 2 rings (SSSR count). The molecule has 21 heavy (non-hydrogen) atoms. The van der Waals surface area contributed by atoms with Crippen molar-refractivity contribution in [1.82, 2.24) is 0 Å². The fourth-order valence-corrected chi connectivity index (χ4v) is 2.07. The Hall–Kier alpha value is -2.00. The number of aryl methyl sites for hydroxylation is 1. The molecule has 110 valence electrons. The van der Waals surface area contributed by atoms with E-state index in [9.17, 15) is 4.79 Å². The zero-order chi connectivity index (χ0) is 15.2. The summed E-state index contributed by atoms with van der Waals surface area (Å²) in [5.74, 6) is 0.673. The van der Waals surface area contributed by atoms with Gasteiger partial charge in [-0.15, -0.1) is 0 Å². The highest BCUT2D eigenvalue weighted by molar-refractivity contribution is 6.30. The topological polar surface area (TPSA) is 35.5 Å². The van der Waals surface area contributed by atoms with Gasteiger partial charge in [-0.25, -0.2) is 0 Å². The minimum Gasteiger partial charge on any atom is -0.493 e. The smallest absolute Gasteiger partial charge is 0.315 e. The third-order valence-electron chi connectivity index (χ3n) is 3.12. The summed E-state index contributed by atoms with van der Waals surface area (Å²) in [6.07, 6.45) is 1.09. The van der Waals surface area contributed by atoms with Crippen LogP contribution in [0, 0.1) is 0 Å². The van der Waals surface area contributed by atoms with Gasteiger partial charge in [0.15, 0.2) is 11.5 Å². The van der Waals surface area contributed by atoms with E-state index < -0.39 is 0 Å². The summed E-state index contributed by atoms with van der Waals surface area (Å²) in [4.78, 5) is 12.0. The SMILES string of the molecule is CCc1ccc(OC(=O)Cc2ccc(Cl)cc2)c(OC)c1. The molecule has 0 radical (unpaired) electrons. The maximum atomic E-state index is 12.0. The predicted molar refractivity (Wildman–Crippen MR) is 83.2 cm³/mol. The average Bonchev–Trinajstić information content (AvgIpc) is 2.50. The van der Waals surface area contributed by atoms with Crippen molar-refractivity contribution in [3.63, 3.8) is 0 Å². The van der Waals surface area contributed by atoms with E-state index in [1.54, 1.807) is 37.4 Å². The van der Waals surface area contributed by atoms with Crippen molar-refractivity contribution in [3.05, 3.63) is 58.6 Å². The van der Waals surface area contributed by atoms with E-state index in [1.165, 1.54) is 0 Å². The number of rotatable bonds is 5. The van der Waals surface area contributed by atoms with Crippen molar-refractivity contribution in [1.29, 1.82) is 0 Å². The predicted octanol–water partition coefficient (Wildman–Crippen LogP) is 4.06. The highest BCUT2D eigenvalue weighted by Crippen LogP contribution is 2.28. The standard InChI is InChI=1S/C17H17ClO3/c1-3-12-6-9-15(16(10-12)20-2)21-17(19)11-13-4-7-14(18)8-5-13/h4-10H,3,11H2,1-2H3. The molecule has 0 bridgehead atoms. The number of hydrogen-bond acceptors (Lipinski definition) is 3. The van der Waals surface area contributed by atoms with Crippen LogP contribution < -0.4 is 9.47 Å². The molecule has 0 unspecified atom stereocenters. The van der Waals surface area contributed by atoms with Gasteiger partial charge in [0, 0.05) is 5.02 Å². The van der Waals surface area contributed by atoms with Crippen LogP contribution in [0.1, 0.15) is 18.1 Å². The van der Waals surface area contributed by atoms with Crippen LogP contribution in [-0.2, 0) is 17.6 Å². The summed E-state index contributed by atoms with van der Waals surface area (Å²) >= 11 is 5.81. The number of hydrogen-bond donors (Lipinski definition) is 0. The summed E-state index contributed by atoms with van der Waals surface area (Å²) in [6, 6.07) is 12.7. The molecule has 0 heterocycles. The van der Waals surface area contributed by atoms with E-state index >= 15 is 0 Å². The van der Waals surface area contributed by atoms with E-state index in [1.807, 2.05) is 12.1 Å². The van der Waals surface area contributed by atoms with Gasteiger partial charge in [0.2, 0.25) is 0 Å². The number of ether oxygens (including phenoxy) is 2. The van der Waals surface area contributed by atoms with Crippen LogP contribution in [0.2, 0.25) is 5.02 Å². The molecule has 0 saturated carbocycles. The lowest BCUT2D eigenvalue weighted by atomic mass is 10.1. The molecule has 0 N–H and O–H groups in total. The van der Waals surface area contributed by atoms with Crippen molar-refractivity contribution >= 4 is 17.6 Å². The molecular weight excluding hydrogens is 288 g/mol. The Balaban J connectivity index is 2.07. The lowest BCUT2D eigenvalue weighted by molar-refractivity contribution is -0.133. The lowest BCUT2D eigenvalue weighted by Crippen LogP contribution is -2.12. The third kappa shape index (κ3) is 4.23. The summed E-state index contributed by atoms with van der Waals surface area (Å²) < 4.78 is 10.6. The number of methoxy groups -OCH3 is 1. The molecule has 0 atom stereocenters. The van der Waals surface area contributed by atoms with Gasteiger partial charge in [0.1, 0.15) is 0 Å². The molecule has 0 spiro atoms. The zero-order valence-corrected chi connectivity index (χ0v) is 12.8. The molecule has 0 amide bonds. The Morgan fingerprint density at radius 1 is 1.05 bits per heavy atom. The Bertz CT molecular complexity index is 620. The minimum atomic E-state index is -0.333. The van der Waals surface area contributed by atoms with Gasteiger partial charge in [0.05, 0.1) is 13.5 Å². The van der Waals surface area contributed by atoms with Crippen LogP contribution in [-0.4, -0.2) is 13.1 Å². The molecule has 2 aromatic carbocycles. The highest BCUT2D eigenvalue weighted by atomic mass is 35.5. The molecule has 2 aromatic rings. The first-order valence-electron chi connectivity index (χ1n) is 6.74. The van der Waals surface area contributed by atoms with E-state index in [4.69, 9.17) is 21.1 Å². The average molecular weight is 305 g/mol. The third-order valence-corrected chi connectivity index (χ3v) is 3.37. The van der Waals surface area contributed by atoms with Crippen LogP contribution in [0.5, 0.6) is 11.5 Å². The fourth-order valence-electron chi connectivity index (χ4n) is 1.94. The second kappa shape index (κ2) is 7.14. The summed E-state index contributed by atoms with van der Waals surface area (Å²) in [7, 11) is 1.56. The molecule has 3 nitrogen and oxygen atoms in total. The maximum absolute atomic E-state index is 12.0. The van der Waals surface area contributed by atoms with Crippen LogP contribution >= 0.6 is 11.6 Å². The number of carbonyl (C=O) groups excluding carboxylic acids is 1. The monoisotopic (exact) mass is 304 g/mol. The number of carbonyl (C=O) groups is 1. The van der Waals surface area contributed by atoms with Crippen molar-refractivity contribution in [2.24, 2.45) is 0 Å². The number of halogens is 1. The summed E-state index contributed by atoms with van der Waals surface area (Å²) in [5, 5.41) is 0.643. The summed E-state index contributed by atoms with van der Waals surface area (Å²) in [6.45, 7) is 2.06. The molecule has 0 saturated heterocycles. The van der Waals surface area contributed by atoms with Crippen LogP contribution in [0.3, 0.4) is 0 Å².